The molecule has 4 aliphatic rings. The number of hydrogen-bond acceptors (Lipinski definition) is 4. The average Bonchev–Trinajstić information content (AvgIpc) is 3.31. The molecule has 0 bridgehead atoms. The molecule has 5 rings (SSSR count). The van der Waals surface area contributed by atoms with E-state index in [-0.39, 0.29) is 35.9 Å². The monoisotopic (exact) mass is 381 g/mol. The standard InChI is InChI=1S/C23H27NO4/c1-14-9-10-18-17(12-14)21(25)19-20(15-6-3-2-4-7-15)24(23(26)22(19)28-18)13-16-8-5-11-27-16/h2-4,6-7,14,16-18,20H,5,8-13H2,1H3. The molecular weight excluding hydrogens is 354 g/mol. The van der Waals surface area contributed by atoms with E-state index in [1.54, 1.807) is 0 Å². The second kappa shape index (κ2) is 7.03. The van der Waals surface area contributed by atoms with Gasteiger partial charge < -0.3 is 14.4 Å². The summed E-state index contributed by atoms with van der Waals surface area (Å²) in [6, 6.07) is 9.51. The van der Waals surface area contributed by atoms with Gasteiger partial charge in [0.25, 0.3) is 5.91 Å². The maximum absolute atomic E-state index is 13.6. The molecule has 1 aliphatic carbocycles. The van der Waals surface area contributed by atoms with Crippen molar-refractivity contribution in [3.05, 3.63) is 47.2 Å². The highest BCUT2D eigenvalue weighted by molar-refractivity contribution is 6.11. The Labute approximate surface area is 165 Å². The predicted octanol–water partition coefficient (Wildman–Crippen LogP) is 3.41. The first-order valence-electron chi connectivity index (χ1n) is 10.6. The molecule has 1 saturated heterocycles. The number of rotatable bonds is 3. The second-order valence-electron chi connectivity index (χ2n) is 8.69. The van der Waals surface area contributed by atoms with E-state index in [1.807, 2.05) is 35.2 Å². The van der Waals surface area contributed by atoms with Gasteiger partial charge in [0.1, 0.15) is 6.10 Å². The number of ketones is 1. The molecule has 0 aromatic heterocycles. The number of hydrogen-bond donors (Lipinski definition) is 0. The van der Waals surface area contributed by atoms with Crippen LogP contribution in [0.25, 0.3) is 0 Å². The van der Waals surface area contributed by atoms with E-state index in [2.05, 4.69) is 6.92 Å². The minimum Gasteiger partial charge on any atom is -0.483 e. The minimum absolute atomic E-state index is 0.0360. The molecule has 0 radical (unpaired) electrons. The largest absolute Gasteiger partial charge is 0.483 e. The molecule has 28 heavy (non-hydrogen) atoms. The van der Waals surface area contributed by atoms with Gasteiger partial charge >= 0.3 is 0 Å². The molecule has 148 valence electrons. The van der Waals surface area contributed by atoms with Gasteiger partial charge in [0.2, 0.25) is 0 Å². The molecule has 5 atom stereocenters. The van der Waals surface area contributed by atoms with Crippen LogP contribution in [0.2, 0.25) is 0 Å². The van der Waals surface area contributed by atoms with Crippen molar-refractivity contribution in [2.75, 3.05) is 13.2 Å². The molecular formula is C23H27NO4. The van der Waals surface area contributed by atoms with Crippen LogP contribution < -0.4 is 0 Å². The molecule has 1 saturated carbocycles. The summed E-state index contributed by atoms with van der Waals surface area (Å²) in [5, 5.41) is 0. The summed E-state index contributed by atoms with van der Waals surface area (Å²) in [5.74, 6) is 0.669. The number of benzene rings is 1. The van der Waals surface area contributed by atoms with Crippen molar-refractivity contribution in [1.82, 2.24) is 4.90 Å². The number of fused-ring (bicyclic) bond motifs is 1. The second-order valence-corrected chi connectivity index (χ2v) is 8.69. The molecule has 3 aliphatic heterocycles. The van der Waals surface area contributed by atoms with Gasteiger partial charge in [-0.2, -0.15) is 0 Å². The van der Waals surface area contributed by atoms with Gasteiger partial charge in [0, 0.05) is 13.2 Å². The van der Waals surface area contributed by atoms with Crippen LogP contribution in [0.5, 0.6) is 0 Å². The lowest BCUT2D eigenvalue weighted by molar-refractivity contribution is -0.136. The Hall–Kier alpha value is -2.14. The Morgan fingerprint density at radius 2 is 1.93 bits per heavy atom. The molecule has 2 fully saturated rings. The number of ether oxygens (including phenoxy) is 2. The van der Waals surface area contributed by atoms with Crippen LogP contribution in [0.3, 0.4) is 0 Å². The molecule has 1 aromatic rings. The fourth-order valence-corrected chi connectivity index (χ4v) is 5.30. The van der Waals surface area contributed by atoms with Crippen LogP contribution in [-0.4, -0.2) is 41.9 Å². The summed E-state index contributed by atoms with van der Waals surface area (Å²) in [6.45, 7) is 3.45. The number of carbonyl (C=O) groups excluding carboxylic acids is 2. The summed E-state index contributed by atoms with van der Waals surface area (Å²) < 4.78 is 12.0. The van der Waals surface area contributed by atoms with Crippen LogP contribution in [0, 0.1) is 11.8 Å². The maximum atomic E-state index is 13.6. The quantitative estimate of drug-likeness (QED) is 0.805. The van der Waals surface area contributed by atoms with Gasteiger partial charge in [0.15, 0.2) is 11.5 Å². The van der Waals surface area contributed by atoms with Gasteiger partial charge in [-0.25, -0.2) is 0 Å². The highest BCUT2D eigenvalue weighted by Crippen LogP contribution is 2.47. The van der Waals surface area contributed by atoms with E-state index in [9.17, 15) is 9.59 Å². The Bertz CT molecular complexity index is 811. The molecule has 1 aromatic carbocycles. The van der Waals surface area contributed by atoms with Gasteiger partial charge in [0.05, 0.1) is 23.6 Å². The van der Waals surface area contributed by atoms with Crippen molar-refractivity contribution in [2.45, 2.75) is 57.3 Å². The van der Waals surface area contributed by atoms with E-state index in [0.29, 0.717) is 23.8 Å². The lowest BCUT2D eigenvalue weighted by Gasteiger charge is -2.37. The highest BCUT2D eigenvalue weighted by Gasteiger charge is 2.52. The van der Waals surface area contributed by atoms with Crippen LogP contribution in [0.1, 0.15) is 50.6 Å². The van der Waals surface area contributed by atoms with Gasteiger partial charge in [-0.05, 0) is 43.6 Å². The van der Waals surface area contributed by atoms with Crippen LogP contribution in [0.4, 0.5) is 0 Å². The SMILES string of the molecule is CC1CCC2OC3=C(C(=O)C2C1)C(c1ccccc1)N(CC1CCCO1)C3=O. The predicted molar refractivity (Wildman–Crippen MR) is 103 cm³/mol. The molecule has 0 N–H and O–H groups in total. The Morgan fingerprint density at radius 1 is 1.11 bits per heavy atom. The zero-order chi connectivity index (χ0) is 19.3. The molecule has 5 heteroatoms. The van der Waals surface area contributed by atoms with Crippen molar-refractivity contribution in [2.24, 2.45) is 11.8 Å². The Kier molecular flexibility index (Phi) is 4.50. The van der Waals surface area contributed by atoms with Gasteiger partial charge in [-0.1, -0.05) is 37.3 Å². The zero-order valence-electron chi connectivity index (χ0n) is 16.3. The third-order valence-electron chi connectivity index (χ3n) is 6.74. The average molecular weight is 381 g/mol. The van der Waals surface area contributed by atoms with Crippen molar-refractivity contribution < 1.29 is 19.1 Å². The zero-order valence-corrected chi connectivity index (χ0v) is 16.3. The normalized spacial score (nSPS) is 35.0. The fourth-order valence-electron chi connectivity index (χ4n) is 5.30. The van der Waals surface area contributed by atoms with E-state index >= 15 is 0 Å². The number of Topliss-reactive ketones (excluding diaryl/α,β-unsaturated/α-hetero) is 1. The van der Waals surface area contributed by atoms with E-state index in [1.165, 1.54) is 0 Å². The molecule has 1 amide bonds. The smallest absolute Gasteiger partial charge is 0.290 e. The summed E-state index contributed by atoms with van der Waals surface area (Å²) >= 11 is 0. The summed E-state index contributed by atoms with van der Waals surface area (Å²) in [4.78, 5) is 28.7. The number of carbonyl (C=O) groups is 2. The van der Waals surface area contributed by atoms with Crippen molar-refractivity contribution >= 4 is 11.7 Å². The highest BCUT2D eigenvalue weighted by atomic mass is 16.5. The van der Waals surface area contributed by atoms with Crippen LogP contribution in [0.15, 0.2) is 41.7 Å². The van der Waals surface area contributed by atoms with E-state index in [0.717, 1.165) is 44.3 Å². The molecule has 3 heterocycles. The van der Waals surface area contributed by atoms with E-state index in [4.69, 9.17) is 9.47 Å². The first kappa shape index (κ1) is 17.9. The van der Waals surface area contributed by atoms with Gasteiger partial charge in [-0.15, -0.1) is 0 Å². The van der Waals surface area contributed by atoms with Crippen molar-refractivity contribution in [1.29, 1.82) is 0 Å². The summed E-state index contributed by atoms with van der Waals surface area (Å²) in [6.07, 6.45) is 4.61. The topological polar surface area (TPSA) is 55.8 Å². The third-order valence-corrected chi connectivity index (χ3v) is 6.74. The number of amides is 1. The van der Waals surface area contributed by atoms with E-state index < -0.39 is 0 Å². The summed E-state index contributed by atoms with van der Waals surface area (Å²) in [5.41, 5.74) is 1.54. The molecule has 5 unspecified atom stereocenters. The lowest BCUT2D eigenvalue weighted by atomic mass is 9.74. The minimum atomic E-state index is -0.362. The number of nitrogens with zero attached hydrogens (tertiary/aromatic N) is 1. The van der Waals surface area contributed by atoms with Crippen molar-refractivity contribution in [3.63, 3.8) is 0 Å². The Balaban J connectivity index is 1.54. The Morgan fingerprint density at radius 3 is 2.68 bits per heavy atom. The summed E-state index contributed by atoms with van der Waals surface area (Å²) in [7, 11) is 0. The maximum Gasteiger partial charge on any atom is 0.290 e. The lowest BCUT2D eigenvalue weighted by Crippen LogP contribution is -2.41. The van der Waals surface area contributed by atoms with Gasteiger partial charge in [-0.3, -0.25) is 9.59 Å². The molecule has 5 nitrogen and oxygen atoms in total. The fraction of sp³-hybridized carbons (Fsp3) is 0.565. The first-order chi connectivity index (χ1) is 13.6. The molecule has 0 spiro atoms. The van der Waals surface area contributed by atoms with Crippen molar-refractivity contribution in [3.8, 4) is 0 Å². The third kappa shape index (κ3) is 2.87. The van der Waals surface area contributed by atoms with Crippen LogP contribution >= 0.6 is 0 Å². The van der Waals surface area contributed by atoms with Crippen LogP contribution in [-0.2, 0) is 19.1 Å². The first-order valence-corrected chi connectivity index (χ1v) is 10.6.